The molecule has 138 valence electrons. The van der Waals surface area contributed by atoms with E-state index in [1.165, 1.54) is 6.07 Å². The van der Waals surface area contributed by atoms with Gasteiger partial charge in [-0.05, 0) is 74.4 Å². The minimum Gasteiger partial charge on any atom is -0.343 e. The highest BCUT2D eigenvalue weighted by molar-refractivity contribution is 7.89. The lowest BCUT2D eigenvalue weighted by Crippen LogP contribution is -2.31. The Balaban J connectivity index is 1.94. The number of sulfonamides is 1. The number of rotatable bonds is 5. The van der Waals surface area contributed by atoms with Crippen molar-refractivity contribution in [3.8, 4) is 0 Å². The van der Waals surface area contributed by atoms with Crippen molar-refractivity contribution in [2.45, 2.75) is 44.6 Å². The van der Waals surface area contributed by atoms with E-state index in [0.717, 1.165) is 24.1 Å². The average molecular weight is 373 g/mol. The largest absolute Gasteiger partial charge is 0.343 e. The zero-order valence-electron chi connectivity index (χ0n) is 15.1. The van der Waals surface area contributed by atoms with Crippen LogP contribution in [0, 0.1) is 26.7 Å². The van der Waals surface area contributed by atoms with Crippen molar-refractivity contribution in [1.29, 1.82) is 0 Å². The molecule has 26 heavy (non-hydrogen) atoms. The maximum Gasteiger partial charge on any atom is 0.251 e. The van der Waals surface area contributed by atoms with Crippen LogP contribution in [0.25, 0.3) is 0 Å². The molecule has 1 aliphatic rings. The van der Waals surface area contributed by atoms with Gasteiger partial charge in [0.25, 0.3) is 5.91 Å². The number of carbonyl (C=O) groups is 1. The van der Waals surface area contributed by atoms with Crippen molar-refractivity contribution < 1.29 is 13.2 Å². The number of aryl methyl sites for hydroxylation is 2. The third-order valence-corrected chi connectivity index (χ3v) is 5.95. The van der Waals surface area contributed by atoms with E-state index in [9.17, 15) is 13.2 Å². The summed E-state index contributed by atoms with van der Waals surface area (Å²) in [7, 11) is -3.90. The molecule has 3 rings (SSSR count). The Morgan fingerprint density at radius 2 is 1.92 bits per heavy atom. The van der Waals surface area contributed by atoms with Crippen LogP contribution in [-0.4, -0.2) is 19.3 Å². The maximum absolute atomic E-state index is 12.8. The van der Waals surface area contributed by atoms with Crippen LogP contribution in [0.3, 0.4) is 0 Å². The number of benzene rings is 1. The van der Waals surface area contributed by atoms with Crippen molar-refractivity contribution in [2.24, 2.45) is 11.1 Å². The normalized spacial score (nSPS) is 15.5. The smallest absolute Gasteiger partial charge is 0.251 e. The van der Waals surface area contributed by atoms with Gasteiger partial charge in [0.2, 0.25) is 10.0 Å². The Hall–Kier alpha value is -2.25. The van der Waals surface area contributed by atoms with E-state index in [1.54, 1.807) is 26.1 Å². The van der Waals surface area contributed by atoms with Gasteiger partial charge in [0.1, 0.15) is 0 Å². The predicted octanol–water partition coefficient (Wildman–Crippen LogP) is 2.54. The molecule has 3 N–H and O–H groups in total. The number of carbonyl (C=O) groups excluding carboxylic acids is 1. The minimum atomic E-state index is -3.90. The van der Waals surface area contributed by atoms with Crippen molar-refractivity contribution in [3.05, 3.63) is 58.4 Å². The Bertz CT molecular complexity index is 966. The summed E-state index contributed by atoms with van der Waals surface area (Å²) >= 11 is 0. The Labute approximate surface area is 153 Å². The van der Waals surface area contributed by atoms with Gasteiger partial charge in [-0.2, -0.15) is 0 Å². The second-order valence-corrected chi connectivity index (χ2v) is 8.49. The molecule has 0 bridgehead atoms. The fraction of sp³-hybridized carbons (Fsp3) is 0.368. The first kappa shape index (κ1) is 18.5. The van der Waals surface area contributed by atoms with Crippen LogP contribution in [0.1, 0.15) is 51.6 Å². The second-order valence-electron chi connectivity index (χ2n) is 6.96. The van der Waals surface area contributed by atoms with Crippen molar-refractivity contribution in [2.75, 3.05) is 0 Å². The van der Waals surface area contributed by atoms with Crippen LogP contribution >= 0.6 is 0 Å². The summed E-state index contributed by atoms with van der Waals surface area (Å²) in [5.41, 5.74) is 3.44. The standard InChI is InChI=1S/C19H23N3O3S/c1-11-5-4-8-21-17(11)18(14-6-7-14)22-19(23)15-9-12(2)13(3)16(10-15)26(20,24)25/h4-5,8-10,14,18H,6-7H2,1-3H3,(H,22,23)(H2,20,24,25). The van der Waals surface area contributed by atoms with Gasteiger partial charge in [0, 0.05) is 11.8 Å². The first-order valence-electron chi connectivity index (χ1n) is 8.55. The number of nitrogens with zero attached hydrogens (tertiary/aromatic N) is 1. The van der Waals surface area contributed by atoms with E-state index in [4.69, 9.17) is 5.14 Å². The van der Waals surface area contributed by atoms with Crippen LogP contribution in [0.15, 0.2) is 35.4 Å². The number of nitrogens with one attached hydrogen (secondary N) is 1. The number of amides is 1. The summed E-state index contributed by atoms with van der Waals surface area (Å²) in [4.78, 5) is 17.3. The fourth-order valence-corrected chi connectivity index (χ4v) is 4.02. The van der Waals surface area contributed by atoms with Crippen LogP contribution in [0.4, 0.5) is 0 Å². The molecule has 1 aromatic carbocycles. The summed E-state index contributed by atoms with van der Waals surface area (Å²) in [6.45, 7) is 5.42. The summed E-state index contributed by atoms with van der Waals surface area (Å²) < 4.78 is 23.6. The van der Waals surface area contributed by atoms with Crippen molar-refractivity contribution in [1.82, 2.24) is 10.3 Å². The average Bonchev–Trinajstić information content (AvgIpc) is 3.39. The van der Waals surface area contributed by atoms with E-state index in [-0.39, 0.29) is 22.4 Å². The van der Waals surface area contributed by atoms with Crippen LogP contribution in [-0.2, 0) is 10.0 Å². The van der Waals surface area contributed by atoms with E-state index < -0.39 is 10.0 Å². The predicted molar refractivity (Wildman–Crippen MR) is 99.2 cm³/mol. The molecule has 1 aromatic heterocycles. The first-order valence-corrected chi connectivity index (χ1v) is 10.1. The third-order valence-electron chi connectivity index (χ3n) is 4.91. The van der Waals surface area contributed by atoms with Gasteiger partial charge in [-0.15, -0.1) is 0 Å². The third kappa shape index (κ3) is 3.78. The van der Waals surface area contributed by atoms with Gasteiger partial charge in [0.15, 0.2) is 0 Å². The molecule has 0 radical (unpaired) electrons. The molecule has 6 nitrogen and oxygen atoms in total. The first-order chi connectivity index (χ1) is 12.2. The summed E-state index contributed by atoms with van der Waals surface area (Å²) in [5, 5.41) is 8.34. The van der Waals surface area contributed by atoms with E-state index in [2.05, 4.69) is 10.3 Å². The molecule has 1 unspecified atom stereocenters. The van der Waals surface area contributed by atoms with Gasteiger partial charge in [0.05, 0.1) is 16.6 Å². The summed E-state index contributed by atoms with van der Waals surface area (Å²) in [5.74, 6) is 0.0387. The minimum absolute atomic E-state index is 0.0142. The zero-order valence-corrected chi connectivity index (χ0v) is 15.9. The van der Waals surface area contributed by atoms with Gasteiger partial charge >= 0.3 is 0 Å². The fourth-order valence-electron chi connectivity index (χ4n) is 3.14. The number of hydrogen-bond donors (Lipinski definition) is 2. The van der Waals surface area contributed by atoms with Gasteiger partial charge < -0.3 is 5.32 Å². The Morgan fingerprint density at radius 1 is 1.23 bits per heavy atom. The van der Waals surface area contributed by atoms with Gasteiger partial charge in [-0.25, -0.2) is 13.6 Å². The highest BCUT2D eigenvalue weighted by Crippen LogP contribution is 2.41. The Morgan fingerprint density at radius 3 is 2.50 bits per heavy atom. The SMILES string of the molecule is Cc1cccnc1C(NC(=O)c1cc(C)c(C)c(S(N)(=O)=O)c1)C1CC1. The maximum atomic E-state index is 12.8. The number of hydrogen-bond acceptors (Lipinski definition) is 4. The van der Waals surface area contributed by atoms with E-state index in [0.29, 0.717) is 17.0 Å². The molecule has 1 amide bonds. The molecule has 1 saturated carbocycles. The molecule has 1 fully saturated rings. The van der Waals surface area contributed by atoms with Crippen LogP contribution < -0.4 is 10.5 Å². The van der Waals surface area contributed by atoms with E-state index in [1.807, 2.05) is 19.1 Å². The second kappa shape index (κ2) is 6.81. The zero-order chi connectivity index (χ0) is 19.1. The van der Waals surface area contributed by atoms with Crippen LogP contribution in [0.2, 0.25) is 0 Å². The summed E-state index contributed by atoms with van der Waals surface area (Å²) in [6.07, 6.45) is 3.80. The van der Waals surface area contributed by atoms with Crippen molar-refractivity contribution in [3.63, 3.8) is 0 Å². The lowest BCUT2D eigenvalue weighted by molar-refractivity contribution is 0.0930. The number of nitrogens with two attached hydrogens (primary N) is 1. The lowest BCUT2D eigenvalue weighted by atomic mass is 10.0. The lowest BCUT2D eigenvalue weighted by Gasteiger charge is -2.20. The molecule has 0 spiro atoms. The molecule has 1 atom stereocenters. The molecule has 1 heterocycles. The topological polar surface area (TPSA) is 102 Å². The van der Waals surface area contributed by atoms with Crippen molar-refractivity contribution >= 4 is 15.9 Å². The monoisotopic (exact) mass is 373 g/mol. The molecule has 1 aliphatic carbocycles. The molecular weight excluding hydrogens is 350 g/mol. The highest BCUT2D eigenvalue weighted by Gasteiger charge is 2.35. The molecule has 0 aliphatic heterocycles. The van der Waals surface area contributed by atoms with Gasteiger partial charge in [-0.1, -0.05) is 6.07 Å². The number of aromatic nitrogens is 1. The van der Waals surface area contributed by atoms with Gasteiger partial charge in [-0.3, -0.25) is 9.78 Å². The molecule has 0 saturated heterocycles. The Kier molecular flexibility index (Phi) is 4.86. The number of pyridine rings is 1. The highest BCUT2D eigenvalue weighted by atomic mass is 32.2. The molecular formula is C19H23N3O3S. The summed E-state index contributed by atoms with van der Waals surface area (Å²) in [6, 6.07) is 6.70. The van der Waals surface area contributed by atoms with Crippen LogP contribution in [0.5, 0.6) is 0 Å². The molecule has 2 aromatic rings. The molecule has 7 heteroatoms. The number of primary sulfonamides is 1. The quantitative estimate of drug-likeness (QED) is 0.841. The van der Waals surface area contributed by atoms with E-state index >= 15 is 0 Å².